The molecule has 2 atom stereocenters. The van der Waals surface area contributed by atoms with Gasteiger partial charge in [0.2, 0.25) is 5.91 Å². The lowest BCUT2D eigenvalue weighted by Gasteiger charge is -2.23. The summed E-state index contributed by atoms with van der Waals surface area (Å²) in [4.78, 5) is 42.2. The Kier molecular flexibility index (Phi) is 9.00. The van der Waals surface area contributed by atoms with Gasteiger partial charge in [0.1, 0.15) is 18.7 Å². The van der Waals surface area contributed by atoms with Crippen LogP contribution in [0.3, 0.4) is 0 Å². The third kappa shape index (κ3) is 7.43. The quantitative estimate of drug-likeness (QED) is 0.433. The number of nitrogens with one attached hydrogen (secondary N) is 2. The summed E-state index contributed by atoms with van der Waals surface area (Å²) >= 11 is 0. The molecule has 0 aliphatic carbocycles. The van der Waals surface area contributed by atoms with Crippen molar-refractivity contribution in [1.29, 1.82) is 0 Å². The number of nitrogens with zero attached hydrogens (tertiary/aromatic N) is 2. The van der Waals surface area contributed by atoms with Gasteiger partial charge in [-0.25, -0.2) is 14.6 Å². The van der Waals surface area contributed by atoms with Gasteiger partial charge < -0.3 is 24.7 Å². The van der Waals surface area contributed by atoms with E-state index >= 15 is 0 Å². The number of amides is 2. The molecule has 0 radical (unpaired) electrons. The van der Waals surface area contributed by atoms with Crippen LogP contribution in [0.5, 0.6) is 0 Å². The van der Waals surface area contributed by atoms with E-state index in [4.69, 9.17) is 9.47 Å². The zero-order valence-corrected chi connectivity index (χ0v) is 20.0. The molecule has 9 heteroatoms. The number of rotatable bonds is 10. The smallest absolute Gasteiger partial charge is 0.408 e. The topological polar surface area (TPSA) is 112 Å². The molecule has 2 N–H and O–H groups in total. The van der Waals surface area contributed by atoms with Gasteiger partial charge >= 0.3 is 12.1 Å². The molecule has 0 fully saturated rings. The third-order valence-electron chi connectivity index (χ3n) is 5.34. The summed E-state index contributed by atoms with van der Waals surface area (Å²) in [6.07, 6.45) is 2.76. The van der Waals surface area contributed by atoms with Crippen molar-refractivity contribution in [2.45, 2.75) is 39.0 Å². The number of imidazole rings is 1. The molecular weight excluding hydrogens is 448 g/mol. The number of carbonyl (C=O) groups is 3. The van der Waals surface area contributed by atoms with Crippen LogP contribution >= 0.6 is 0 Å². The van der Waals surface area contributed by atoms with E-state index in [0.717, 1.165) is 11.3 Å². The zero-order valence-electron chi connectivity index (χ0n) is 20.0. The van der Waals surface area contributed by atoms with E-state index in [1.165, 1.54) is 7.11 Å². The zero-order chi connectivity index (χ0) is 25.2. The summed E-state index contributed by atoms with van der Waals surface area (Å²) in [5.41, 5.74) is 2.31. The maximum Gasteiger partial charge on any atom is 0.408 e. The number of esters is 1. The fourth-order valence-corrected chi connectivity index (χ4v) is 3.41. The van der Waals surface area contributed by atoms with E-state index in [0.29, 0.717) is 5.69 Å². The molecule has 0 saturated heterocycles. The Labute approximate surface area is 204 Å². The Hall–Kier alpha value is -4.14. The molecule has 0 bridgehead atoms. The average Bonchev–Trinajstić information content (AvgIpc) is 3.34. The molecule has 2 amide bonds. The monoisotopic (exact) mass is 478 g/mol. The van der Waals surface area contributed by atoms with Gasteiger partial charge in [0.05, 0.1) is 19.1 Å². The lowest BCUT2D eigenvalue weighted by Crippen LogP contribution is -2.54. The standard InChI is InChI=1S/C26H30N4O5/c1-18(2)23(25(32)34-3)29-24(31)22(28-26(33)35-16-19-10-6-4-7-11-19)14-20-15-30(17-27-20)21-12-8-5-9-13-21/h4-13,15,17-18,22-23H,14,16H2,1-3H3,(H,28,33)(H,29,31)/t22-,23-/m0/s1. The van der Waals surface area contributed by atoms with Gasteiger partial charge in [-0.1, -0.05) is 62.4 Å². The fourth-order valence-electron chi connectivity index (χ4n) is 3.41. The number of hydrogen-bond donors (Lipinski definition) is 2. The molecule has 0 aliphatic rings. The minimum Gasteiger partial charge on any atom is -0.467 e. The van der Waals surface area contributed by atoms with Crippen molar-refractivity contribution in [2.75, 3.05) is 7.11 Å². The summed E-state index contributed by atoms with van der Waals surface area (Å²) in [5.74, 6) is -1.32. The molecule has 0 aliphatic heterocycles. The van der Waals surface area contributed by atoms with Gasteiger partial charge in [0.25, 0.3) is 0 Å². The molecule has 9 nitrogen and oxygen atoms in total. The molecule has 1 aromatic heterocycles. The molecule has 1 heterocycles. The SMILES string of the molecule is COC(=O)[C@@H](NC(=O)[C@H](Cc1cn(-c2ccccc2)cn1)NC(=O)OCc1ccccc1)C(C)C. The lowest BCUT2D eigenvalue weighted by atomic mass is 10.0. The number of aromatic nitrogens is 2. The van der Waals surface area contributed by atoms with Crippen LogP contribution in [-0.2, 0) is 32.1 Å². The Balaban J connectivity index is 1.74. The van der Waals surface area contributed by atoms with Crippen molar-refractivity contribution in [3.63, 3.8) is 0 Å². The number of methoxy groups -OCH3 is 1. The highest BCUT2D eigenvalue weighted by atomic mass is 16.5. The van der Waals surface area contributed by atoms with Crippen molar-refractivity contribution in [3.05, 3.63) is 84.4 Å². The molecule has 184 valence electrons. The van der Waals surface area contributed by atoms with E-state index in [9.17, 15) is 14.4 Å². The summed E-state index contributed by atoms with van der Waals surface area (Å²) in [6.45, 7) is 3.64. The van der Waals surface area contributed by atoms with Gasteiger partial charge in [-0.05, 0) is 23.6 Å². The Morgan fingerprint density at radius 3 is 2.26 bits per heavy atom. The molecule has 0 saturated carbocycles. The van der Waals surface area contributed by atoms with E-state index in [-0.39, 0.29) is 18.9 Å². The van der Waals surface area contributed by atoms with Crippen LogP contribution in [0.1, 0.15) is 25.1 Å². The second kappa shape index (κ2) is 12.4. The number of benzene rings is 2. The first-order valence-corrected chi connectivity index (χ1v) is 11.3. The van der Waals surface area contributed by atoms with E-state index < -0.39 is 30.1 Å². The molecule has 0 unspecified atom stereocenters. The minimum absolute atomic E-state index is 0.0560. The van der Waals surface area contributed by atoms with Gasteiger partial charge in [-0.3, -0.25) is 4.79 Å². The highest BCUT2D eigenvalue weighted by Gasteiger charge is 2.30. The molecular formula is C26H30N4O5. The Morgan fingerprint density at radius 1 is 0.971 bits per heavy atom. The van der Waals surface area contributed by atoms with Crippen molar-refractivity contribution in [1.82, 2.24) is 20.2 Å². The highest BCUT2D eigenvalue weighted by molar-refractivity contribution is 5.90. The number of carbonyl (C=O) groups excluding carboxylic acids is 3. The first kappa shape index (κ1) is 25.5. The lowest BCUT2D eigenvalue weighted by molar-refractivity contribution is -0.146. The Morgan fingerprint density at radius 2 is 1.63 bits per heavy atom. The van der Waals surface area contributed by atoms with E-state index in [1.54, 1.807) is 26.4 Å². The minimum atomic E-state index is -1.02. The predicted octanol–water partition coefficient (Wildman–Crippen LogP) is 3.02. The predicted molar refractivity (Wildman–Crippen MR) is 130 cm³/mol. The summed E-state index contributed by atoms with van der Waals surface area (Å²) in [7, 11) is 1.26. The van der Waals surface area contributed by atoms with Crippen molar-refractivity contribution < 1.29 is 23.9 Å². The normalized spacial score (nSPS) is 12.5. The first-order chi connectivity index (χ1) is 16.9. The van der Waals surface area contributed by atoms with Crippen LogP contribution < -0.4 is 10.6 Å². The summed E-state index contributed by atoms with van der Waals surface area (Å²) in [5, 5.41) is 5.30. The number of alkyl carbamates (subject to hydrolysis) is 1. The highest BCUT2D eigenvalue weighted by Crippen LogP contribution is 2.11. The third-order valence-corrected chi connectivity index (χ3v) is 5.34. The molecule has 35 heavy (non-hydrogen) atoms. The van der Waals surface area contributed by atoms with Gasteiger partial charge in [0, 0.05) is 18.3 Å². The molecule has 2 aromatic carbocycles. The van der Waals surface area contributed by atoms with Crippen LogP contribution in [0.2, 0.25) is 0 Å². The van der Waals surface area contributed by atoms with Crippen LogP contribution in [0.4, 0.5) is 4.79 Å². The average molecular weight is 479 g/mol. The summed E-state index contributed by atoms with van der Waals surface area (Å²) in [6, 6.07) is 16.9. The molecule has 3 rings (SSSR count). The van der Waals surface area contributed by atoms with E-state index in [2.05, 4.69) is 15.6 Å². The van der Waals surface area contributed by atoms with Crippen molar-refractivity contribution >= 4 is 18.0 Å². The van der Waals surface area contributed by atoms with E-state index in [1.807, 2.05) is 65.2 Å². The maximum absolute atomic E-state index is 13.1. The maximum atomic E-state index is 13.1. The van der Waals surface area contributed by atoms with Gasteiger partial charge in [-0.2, -0.15) is 0 Å². The number of hydrogen-bond acceptors (Lipinski definition) is 6. The second-order valence-corrected chi connectivity index (χ2v) is 8.32. The first-order valence-electron chi connectivity index (χ1n) is 11.3. The van der Waals surface area contributed by atoms with Gasteiger partial charge in [0.15, 0.2) is 0 Å². The number of para-hydroxylation sites is 1. The second-order valence-electron chi connectivity index (χ2n) is 8.32. The fraction of sp³-hybridized carbons (Fsp3) is 0.308. The van der Waals surface area contributed by atoms with Crippen molar-refractivity contribution in [3.8, 4) is 5.69 Å². The van der Waals surface area contributed by atoms with Crippen LogP contribution in [0, 0.1) is 5.92 Å². The molecule has 3 aromatic rings. The van der Waals surface area contributed by atoms with Crippen molar-refractivity contribution in [2.24, 2.45) is 5.92 Å². The van der Waals surface area contributed by atoms with Gasteiger partial charge in [-0.15, -0.1) is 0 Å². The summed E-state index contributed by atoms with van der Waals surface area (Å²) < 4.78 is 11.9. The van der Waals surface area contributed by atoms with Crippen LogP contribution in [-0.4, -0.2) is 46.7 Å². The number of ether oxygens (including phenoxy) is 2. The van der Waals surface area contributed by atoms with Crippen LogP contribution in [0.25, 0.3) is 5.69 Å². The largest absolute Gasteiger partial charge is 0.467 e. The Bertz CT molecular complexity index is 1120. The molecule has 0 spiro atoms. The van der Waals surface area contributed by atoms with Crippen LogP contribution in [0.15, 0.2) is 73.2 Å².